The van der Waals surface area contributed by atoms with Gasteiger partial charge in [-0.3, -0.25) is 0 Å². The molecule has 0 spiro atoms. The molecule has 0 bridgehead atoms. The third-order valence-corrected chi connectivity index (χ3v) is 406. The van der Waals surface area contributed by atoms with Crippen molar-refractivity contribution in [2.75, 3.05) is 52.4 Å². The summed E-state index contributed by atoms with van der Waals surface area (Å²) in [4.78, 5) is 0. The fraction of sp³-hybridized carbons (Fsp3) is 1.00. The summed E-state index contributed by atoms with van der Waals surface area (Å²) in [6.45, 7) is 30.0. The molecule has 1 heterocycles. The molecular weight excluding hydrogens is 1790 g/mol. The van der Waals surface area contributed by atoms with Crippen LogP contribution in [-0.2, 0) is 0 Å². The lowest BCUT2D eigenvalue weighted by molar-refractivity contribution is -0.929. The van der Waals surface area contributed by atoms with Crippen LogP contribution in [0.4, 0.5) is 0 Å². The maximum absolute atomic E-state index is 4.06. The van der Waals surface area contributed by atoms with Gasteiger partial charge >= 0.3 is 0 Å². The Hall–Kier alpha value is 8.44. The predicted molar refractivity (Wildman–Crippen MR) is 300 cm³/mol. The molecule has 0 aromatic heterocycles. The molecule has 1 rings (SSSR count). The minimum Gasteiger partial charge on any atom is -1.00 e. The first-order chi connectivity index (χ1) is 24.0. The maximum Gasteiger partial charge on any atom is 0.229 e. The van der Waals surface area contributed by atoms with E-state index in [2.05, 4.69) is 239 Å². The smallest absolute Gasteiger partial charge is 0.229 e. The molecule has 1 fully saturated rings. The van der Waals surface area contributed by atoms with Gasteiger partial charge in [0.2, 0.25) is 26.1 Å². The zero-order valence-corrected chi connectivity index (χ0v) is 63.5. The van der Waals surface area contributed by atoms with Crippen LogP contribution >= 0.6 is 184 Å². The normalized spacial score (nSPS) is 18.9. The second-order valence-electron chi connectivity index (χ2n) is 14.7. The number of halogens is 14. The van der Waals surface area contributed by atoms with Crippen molar-refractivity contribution in [1.29, 1.82) is 0 Å². The molecule has 0 aliphatic carbocycles. The highest BCUT2D eigenvalue weighted by Gasteiger charge is 2.90. The lowest BCUT2D eigenvalue weighted by Crippen LogP contribution is -3.00. The molecule has 1 saturated heterocycles. The van der Waals surface area contributed by atoms with E-state index in [9.17, 15) is 0 Å². The molecule has 0 amide bonds. The molecule has 0 aromatic carbocycles. The summed E-state index contributed by atoms with van der Waals surface area (Å²) in [5.41, 5.74) is 0. The van der Waals surface area contributed by atoms with Crippen LogP contribution in [0, 0.1) is 0 Å². The molecule has 54 heavy (non-hydrogen) atoms. The monoisotopic (exact) mass is 1850 g/mol. The van der Waals surface area contributed by atoms with Gasteiger partial charge in [-0.05, 0) is 51.4 Å². The van der Waals surface area contributed by atoms with Crippen molar-refractivity contribution in [2.45, 2.75) is 158 Å². The Morgan fingerprint density at radius 2 is 0.333 bits per heavy atom. The number of nitrogens with zero attached hydrogens (tertiary/aromatic N) is 2. The summed E-state index contributed by atoms with van der Waals surface area (Å²) >= 11 is 48.7. The Labute approximate surface area is 468 Å². The van der Waals surface area contributed by atoms with Crippen LogP contribution in [-0.4, -0.2) is 87.4 Å². The molecule has 0 atom stereocenters. The fourth-order valence-corrected chi connectivity index (χ4v) is 602. The lowest BCUT2D eigenvalue weighted by atomic mass is 10.1. The average molecular weight is 1870 g/mol. The number of quaternary nitrogens is 2. The van der Waals surface area contributed by atoms with Crippen LogP contribution in [0.25, 0.3) is 0 Å². The minimum absolute atomic E-state index is 0. The minimum atomic E-state index is -1.93. The highest BCUT2D eigenvalue weighted by molar-refractivity contribution is 9.89. The Balaban J connectivity index is -0.000000341. The van der Waals surface area contributed by atoms with Crippen molar-refractivity contribution < 1.29 is 56.9 Å². The number of unbranched alkanes of at least 4 members (excludes halogenated alkanes) is 8. The van der Waals surface area contributed by atoms with Crippen LogP contribution in [0.1, 0.15) is 158 Å². The SMILES string of the molecule is Br[Si]1(Br)[Si](Br)(Br)[Si](Br)(Br)[Si](Br)(Br)[Si](Br)(Br)[Si]1(Br)Br.CCCC[N+](CCCC)(CCCC)CCCC.CCCC[N+](CCCC)(CCCC)CCCC.[I-].[I-]. The Morgan fingerprint density at radius 3 is 0.407 bits per heavy atom. The first kappa shape index (κ1) is 69.0. The summed E-state index contributed by atoms with van der Waals surface area (Å²) in [5.74, 6) is 0. The van der Waals surface area contributed by atoms with Crippen LogP contribution in [0.2, 0.25) is 0 Å². The number of rotatable bonds is 24. The summed E-state index contributed by atoms with van der Waals surface area (Å²) in [7, 11) is 0. The predicted octanol–water partition coefficient (Wildman–Crippen LogP) is 11.9. The van der Waals surface area contributed by atoms with Crippen molar-refractivity contribution in [2.24, 2.45) is 0 Å². The van der Waals surface area contributed by atoms with E-state index >= 15 is 0 Å². The Kier molecular flexibility index (Phi) is 44.3. The largest absolute Gasteiger partial charge is 1.00 e. The van der Waals surface area contributed by atoms with E-state index in [1.807, 2.05) is 0 Å². The van der Waals surface area contributed by atoms with Gasteiger partial charge in [-0.25, -0.2) is 0 Å². The zero-order valence-electron chi connectivity index (χ0n) is 34.2. The Bertz CT molecular complexity index is 721. The van der Waals surface area contributed by atoms with Crippen molar-refractivity contribution in [3.8, 4) is 0 Å². The van der Waals surface area contributed by atoms with Gasteiger partial charge in [-0.1, -0.05) is 107 Å². The van der Waals surface area contributed by atoms with E-state index in [4.69, 9.17) is 0 Å². The molecule has 0 saturated carbocycles. The van der Waals surface area contributed by atoms with E-state index in [1.165, 1.54) is 164 Å². The average Bonchev–Trinajstić information content (AvgIpc) is 3.10. The Morgan fingerprint density at radius 1 is 0.241 bits per heavy atom. The number of hydrogen-bond acceptors (Lipinski definition) is 0. The van der Waals surface area contributed by atoms with E-state index in [0.717, 1.165) is 0 Å². The van der Waals surface area contributed by atoms with Crippen molar-refractivity contribution in [3.63, 3.8) is 0 Å². The quantitative estimate of drug-likeness (QED) is 0.0391. The molecule has 22 heteroatoms. The highest BCUT2D eigenvalue weighted by atomic mass is 127. The molecule has 0 N–H and O–H groups in total. The van der Waals surface area contributed by atoms with Gasteiger partial charge in [-0.15, -0.1) is 184 Å². The molecule has 0 aromatic rings. The molecule has 1 aliphatic heterocycles. The van der Waals surface area contributed by atoms with Gasteiger partial charge in [-0.2, -0.15) is 0 Å². The van der Waals surface area contributed by atoms with Gasteiger partial charge in [0.1, 0.15) is 0 Å². The summed E-state index contributed by atoms with van der Waals surface area (Å²) in [5, 5.41) is 0. The molecule has 2 nitrogen and oxygen atoms in total. The fourth-order valence-electron chi connectivity index (χ4n) is 6.47. The van der Waals surface area contributed by atoms with Crippen molar-refractivity contribution in [1.82, 2.24) is 0 Å². The molecule has 0 unspecified atom stereocenters. The standard InChI is InChI=1S/2C16H36N.Br12Si6.2HI/c2*1-5-9-13-17(14-10-6-2,15-11-7-3)16-12-8-4;1-13(2)14(3,4)16(7,8)18(11,12)17(9,10)15(13,5)6;;/h2*5-16H2,1-4H3;;2*1H/q2*+1;;;/p-2. The molecule has 1 aliphatic rings. The summed E-state index contributed by atoms with van der Waals surface area (Å²) in [6, 6.07) is 0. The van der Waals surface area contributed by atoms with Crippen LogP contribution in [0.5, 0.6) is 0 Å². The second-order valence-corrected chi connectivity index (χ2v) is 172. The van der Waals surface area contributed by atoms with E-state index in [0.29, 0.717) is 0 Å². The van der Waals surface area contributed by atoms with Crippen molar-refractivity contribution >= 4 is 210 Å². The third-order valence-electron chi connectivity index (χ3n) is 10.3. The third kappa shape index (κ3) is 20.3. The van der Waals surface area contributed by atoms with E-state index < -0.39 is 26.1 Å². The highest BCUT2D eigenvalue weighted by Crippen LogP contribution is 2.71. The van der Waals surface area contributed by atoms with Crippen LogP contribution in [0.3, 0.4) is 0 Å². The van der Waals surface area contributed by atoms with Gasteiger partial charge in [0.25, 0.3) is 0 Å². The van der Waals surface area contributed by atoms with Gasteiger partial charge in [0.15, 0.2) is 0 Å². The first-order valence-corrected chi connectivity index (χ1v) is 65.0. The lowest BCUT2D eigenvalue weighted by Gasteiger charge is -2.58. The molecule has 332 valence electrons. The summed E-state index contributed by atoms with van der Waals surface area (Å²) in [6.07, 6.45) is 22.1. The van der Waals surface area contributed by atoms with Crippen LogP contribution in [0.15, 0.2) is 0 Å². The molecule has 0 radical (unpaired) electrons. The van der Waals surface area contributed by atoms with E-state index in [-0.39, 0.29) is 48.0 Å². The van der Waals surface area contributed by atoms with Gasteiger partial charge < -0.3 is 56.9 Å². The van der Waals surface area contributed by atoms with Gasteiger partial charge in [0, 0.05) is 0 Å². The zero-order chi connectivity index (χ0) is 41.0. The second kappa shape index (κ2) is 34.7. The first-order valence-electron chi connectivity index (χ1n) is 20.0. The number of hydrogen-bond donors (Lipinski definition) is 0. The van der Waals surface area contributed by atoms with Gasteiger partial charge in [0.05, 0.1) is 52.4 Å². The van der Waals surface area contributed by atoms with E-state index in [1.54, 1.807) is 0 Å². The summed E-state index contributed by atoms with van der Waals surface area (Å²) < 4.78 is -8.71. The van der Waals surface area contributed by atoms with Crippen LogP contribution < -0.4 is 48.0 Å². The molecular formula is C32H72Br12I2N2Si6. The maximum atomic E-state index is 4.06. The van der Waals surface area contributed by atoms with Crippen molar-refractivity contribution in [3.05, 3.63) is 0 Å². The topological polar surface area (TPSA) is 0 Å².